The van der Waals surface area contributed by atoms with Crippen LogP contribution in [0.5, 0.6) is 0 Å². The van der Waals surface area contributed by atoms with Gasteiger partial charge in [-0.05, 0) is 33.6 Å². The van der Waals surface area contributed by atoms with E-state index in [0.717, 1.165) is 38.9 Å². The van der Waals surface area contributed by atoms with Gasteiger partial charge in [0.15, 0.2) is 0 Å². The molecule has 0 aromatic carbocycles. The van der Waals surface area contributed by atoms with Gasteiger partial charge in [0.2, 0.25) is 5.91 Å². The molecule has 1 amide bonds. The predicted molar refractivity (Wildman–Crippen MR) is 81.6 cm³/mol. The zero-order chi connectivity index (χ0) is 15.2. The summed E-state index contributed by atoms with van der Waals surface area (Å²) in [6.45, 7) is 11.7. The van der Waals surface area contributed by atoms with Gasteiger partial charge in [-0.2, -0.15) is 0 Å². The summed E-state index contributed by atoms with van der Waals surface area (Å²) in [5.41, 5.74) is 5.25. The van der Waals surface area contributed by atoms with E-state index < -0.39 is 5.54 Å². The molecule has 3 unspecified atom stereocenters. The van der Waals surface area contributed by atoms with Crippen molar-refractivity contribution >= 4 is 5.91 Å². The van der Waals surface area contributed by atoms with E-state index >= 15 is 0 Å². The lowest BCUT2D eigenvalue weighted by Gasteiger charge is -2.35. The molecule has 0 saturated carbocycles. The topological polar surface area (TPSA) is 67.6 Å². The van der Waals surface area contributed by atoms with Gasteiger partial charge in [0, 0.05) is 26.2 Å². The number of hydrogen-bond donors (Lipinski definition) is 2. The van der Waals surface area contributed by atoms with Gasteiger partial charge in [-0.25, -0.2) is 0 Å². The molecule has 3 atom stereocenters. The van der Waals surface area contributed by atoms with Crippen molar-refractivity contribution in [2.24, 2.45) is 5.73 Å². The Balaban J connectivity index is 2.20. The second-order valence-corrected chi connectivity index (χ2v) is 6.29. The summed E-state index contributed by atoms with van der Waals surface area (Å²) < 4.78 is 5.70. The fraction of sp³-hybridized carbons (Fsp3) is 0.933. The second-order valence-electron chi connectivity index (χ2n) is 6.29. The van der Waals surface area contributed by atoms with Crippen LogP contribution in [-0.2, 0) is 9.53 Å². The maximum Gasteiger partial charge on any atom is 0.239 e. The van der Waals surface area contributed by atoms with Gasteiger partial charge in [-0.15, -0.1) is 0 Å². The number of hydrogen-bond acceptors (Lipinski definition) is 4. The van der Waals surface area contributed by atoms with Crippen LogP contribution in [0.25, 0.3) is 0 Å². The Hall–Kier alpha value is -0.650. The number of rotatable bonds is 7. The number of carbonyl (C=O) groups excluding carboxylic acids is 1. The van der Waals surface area contributed by atoms with Gasteiger partial charge < -0.3 is 15.8 Å². The largest absolute Gasteiger partial charge is 0.373 e. The molecule has 0 spiro atoms. The molecule has 1 aliphatic heterocycles. The Morgan fingerprint density at radius 2 is 2.00 bits per heavy atom. The number of nitrogens with two attached hydrogens (primary N) is 1. The van der Waals surface area contributed by atoms with Crippen molar-refractivity contribution in [3.05, 3.63) is 0 Å². The smallest absolute Gasteiger partial charge is 0.239 e. The summed E-state index contributed by atoms with van der Waals surface area (Å²) >= 11 is 0. The van der Waals surface area contributed by atoms with Gasteiger partial charge in [-0.3, -0.25) is 9.69 Å². The minimum Gasteiger partial charge on any atom is -0.373 e. The van der Waals surface area contributed by atoms with E-state index in [-0.39, 0.29) is 5.91 Å². The van der Waals surface area contributed by atoms with Crippen molar-refractivity contribution in [2.75, 3.05) is 26.2 Å². The molecule has 1 saturated heterocycles. The molecule has 5 nitrogen and oxygen atoms in total. The van der Waals surface area contributed by atoms with Crippen molar-refractivity contribution in [1.29, 1.82) is 0 Å². The first-order valence-corrected chi connectivity index (χ1v) is 7.80. The maximum absolute atomic E-state index is 11.9. The molecule has 0 bridgehead atoms. The predicted octanol–water partition coefficient (Wildman–Crippen LogP) is 1.12. The molecule has 1 fully saturated rings. The lowest BCUT2D eigenvalue weighted by molar-refractivity contribution is -0.126. The van der Waals surface area contributed by atoms with Gasteiger partial charge in [0.1, 0.15) is 0 Å². The van der Waals surface area contributed by atoms with Crippen molar-refractivity contribution < 1.29 is 9.53 Å². The highest BCUT2D eigenvalue weighted by Crippen LogP contribution is 2.11. The Morgan fingerprint density at radius 1 is 1.40 bits per heavy atom. The molecule has 0 aliphatic carbocycles. The maximum atomic E-state index is 11.9. The quantitative estimate of drug-likeness (QED) is 0.688. The lowest BCUT2D eigenvalue weighted by Crippen LogP contribution is -2.52. The average Bonchev–Trinajstić information content (AvgIpc) is 2.33. The zero-order valence-electron chi connectivity index (χ0n) is 13.4. The fourth-order valence-corrected chi connectivity index (χ4v) is 2.81. The Labute approximate surface area is 123 Å². The van der Waals surface area contributed by atoms with E-state index in [1.807, 2.05) is 6.92 Å². The van der Waals surface area contributed by atoms with Crippen LogP contribution in [0.1, 0.15) is 47.0 Å². The minimum atomic E-state index is -0.739. The van der Waals surface area contributed by atoms with Crippen LogP contribution in [0, 0.1) is 0 Å². The Morgan fingerprint density at radius 3 is 2.55 bits per heavy atom. The monoisotopic (exact) mass is 285 g/mol. The molecule has 20 heavy (non-hydrogen) atoms. The minimum absolute atomic E-state index is 0.0388. The third kappa shape index (κ3) is 5.77. The van der Waals surface area contributed by atoms with Crippen molar-refractivity contribution in [3.63, 3.8) is 0 Å². The molecule has 5 heteroatoms. The summed E-state index contributed by atoms with van der Waals surface area (Å²) in [5.74, 6) is -0.0388. The Kier molecular flexibility index (Phi) is 6.92. The van der Waals surface area contributed by atoms with Crippen LogP contribution >= 0.6 is 0 Å². The molecule has 3 N–H and O–H groups in total. The van der Waals surface area contributed by atoms with Gasteiger partial charge in [-0.1, -0.05) is 13.3 Å². The summed E-state index contributed by atoms with van der Waals surface area (Å²) in [6.07, 6.45) is 3.18. The van der Waals surface area contributed by atoms with Crippen LogP contribution in [0.15, 0.2) is 0 Å². The van der Waals surface area contributed by atoms with E-state index in [1.165, 1.54) is 0 Å². The molecule has 0 aromatic rings. The summed E-state index contributed by atoms with van der Waals surface area (Å²) in [7, 11) is 0. The highest BCUT2D eigenvalue weighted by Gasteiger charge is 2.26. The molecule has 1 heterocycles. The SMILES string of the molecule is CCCC(C)(N)C(=O)NCCCN1CC(C)OC(C)C1. The van der Waals surface area contributed by atoms with Crippen LogP contribution in [-0.4, -0.2) is 54.7 Å². The summed E-state index contributed by atoms with van der Waals surface area (Å²) in [5, 5.41) is 2.95. The van der Waals surface area contributed by atoms with Crippen LogP contribution in [0.2, 0.25) is 0 Å². The van der Waals surface area contributed by atoms with E-state index in [0.29, 0.717) is 18.8 Å². The normalized spacial score (nSPS) is 27.1. The Bertz CT molecular complexity index is 297. The summed E-state index contributed by atoms with van der Waals surface area (Å²) in [4.78, 5) is 14.3. The fourth-order valence-electron chi connectivity index (χ4n) is 2.81. The first-order valence-electron chi connectivity index (χ1n) is 7.80. The average molecular weight is 285 g/mol. The number of ether oxygens (including phenoxy) is 1. The van der Waals surface area contributed by atoms with Crippen molar-refractivity contribution in [3.8, 4) is 0 Å². The summed E-state index contributed by atoms with van der Waals surface area (Å²) in [6, 6.07) is 0. The molecule has 0 aromatic heterocycles. The molecular weight excluding hydrogens is 254 g/mol. The van der Waals surface area contributed by atoms with Gasteiger partial charge >= 0.3 is 0 Å². The van der Waals surface area contributed by atoms with Crippen molar-refractivity contribution in [1.82, 2.24) is 10.2 Å². The highest BCUT2D eigenvalue weighted by molar-refractivity contribution is 5.85. The first-order chi connectivity index (χ1) is 9.35. The number of nitrogens with zero attached hydrogens (tertiary/aromatic N) is 1. The van der Waals surface area contributed by atoms with E-state index in [4.69, 9.17) is 10.5 Å². The van der Waals surface area contributed by atoms with Crippen LogP contribution in [0.3, 0.4) is 0 Å². The first kappa shape index (κ1) is 17.4. The number of nitrogens with one attached hydrogen (secondary N) is 1. The number of amides is 1. The van der Waals surface area contributed by atoms with Crippen molar-refractivity contribution in [2.45, 2.75) is 64.7 Å². The van der Waals surface area contributed by atoms with E-state index in [2.05, 4.69) is 24.1 Å². The molecular formula is C15H31N3O2. The van der Waals surface area contributed by atoms with E-state index in [9.17, 15) is 4.79 Å². The number of carbonyl (C=O) groups is 1. The van der Waals surface area contributed by atoms with Crippen LogP contribution in [0.4, 0.5) is 0 Å². The lowest BCUT2D eigenvalue weighted by atomic mass is 9.96. The molecule has 118 valence electrons. The zero-order valence-corrected chi connectivity index (χ0v) is 13.4. The second kappa shape index (κ2) is 7.96. The number of morpholine rings is 1. The molecule has 1 aliphatic rings. The standard InChI is InChI=1S/C15H31N3O2/c1-5-7-15(4,16)14(19)17-8-6-9-18-10-12(2)20-13(3)11-18/h12-13H,5-11,16H2,1-4H3,(H,17,19). The highest BCUT2D eigenvalue weighted by atomic mass is 16.5. The third-order valence-corrected chi connectivity index (χ3v) is 3.72. The third-order valence-electron chi connectivity index (χ3n) is 3.72. The van der Waals surface area contributed by atoms with Crippen LogP contribution < -0.4 is 11.1 Å². The molecule has 1 rings (SSSR count). The van der Waals surface area contributed by atoms with E-state index in [1.54, 1.807) is 6.92 Å². The molecule has 0 radical (unpaired) electrons. The van der Waals surface area contributed by atoms with Gasteiger partial charge in [0.25, 0.3) is 0 Å². The van der Waals surface area contributed by atoms with Gasteiger partial charge in [0.05, 0.1) is 17.7 Å².